The zero-order valence-corrected chi connectivity index (χ0v) is 7.92. The van der Waals surface area contributed by atoms with Crippen molar-refractivity contribution in [2.75, 3.05) is 0 Å². The van der Waals surface area contributed by atoms with Crippen LogP contribution in [-0.2, 0) is 17.1 Å². The Hall–Kier alpha value is 1.13. The average Bonchev–Trinajstić information content (AvgIpc) is 1.35. The van der Waals surface area contributed by atoms with Gasteiger partial charge in [0.1, 0.15) is 5.79 Å². The molecule has 0 aliphatic carbocycles. The predicted molar refractivity (Wildman–Crippen MR) is 41.0 cm³/mol. The van der Waals surface area contributed by atoms with Gasteiger partial charge < -0.3 is 17.2 Å². The minimum Gasteiger partial charge on any atom is -0.301 e. The third kappa shape index (κ3) is 15.7. The van der Waals surface area contributed by atoms with Crippen LogP contribution < -0.4 is 17.2 Å². The van der Waals surface area contributed by atoms with E-state index < -0.39 is 5.79 Å². The number of rotatable bonds is 1. The maximum Gasteiger partial charge on any atom is 0.115 e. The van der Waals surface area contributed by atoms with Crippen LogP contribution in [0.25, 0.3) is 0 Å². The van der Waals surface area contributed by atoms with Crippen LogP contribution >= 0.6 is 24.0 Å². The predicted octanol–water partition coefficient (Wildman–Crippen LogP) is -0.458. The van der Waals surface area contributed by atoms with Crippen molar-refractivity contribution >= 4 is 24.0 Å². The van der Waals surface area contributed by atoms with Gasteiger partial charge in [0, 0.05) is 17.1 Å². The third-order valence-electron chi connectivity index (χ3n) is 0.612. The van der Waals surface area contributed by atoms with Gasteiger partial charge >= 0.3 is 0 Å². The topological polar surface area (TPSA) is 78.1 Å². The summed E-state index contributed by atoms with van der Waals surface area (Å²) in [5.41, 5.74) is 15.3. The molecule has 5 heteroatoms. The summed E-state index contributed by atoms with van der Waals surface area (Å²) in [6.45, 7) is 1.83. The molecule has 6 N–H and O–H groups in total. The summed E-state index contributed by atoms with van der Waals surface area (Å²) in [7, 11) is 0. The second kappa shape index (κ2) is 6.25. The van der Waals surface area contributed by atoms with Crippen LogP contribution in [0.5, 0.6) is 0 Å². The summed E-state index contributed by atoms with van der Waals surface area (Å²) in [5.74, 6) is -0.958. The zero-order valence-electron chi connectivity index (χ0n) is 4.65. The second-order valence-electron chi connectivity index (χ2n) is 1.47. The molecule has 0 aliphatic heterocycles. The summed E-state index contributed by atoms with van der Waals surface area (Å²) in [5, 5.41) is 0. The molecule has 0 aromatic carbocycles. The molecule has 0 unspecified atom stereocenters. The van der Waals surface area contributed by atoms with Crippen molar-refractivity contribution in [1.82, 2.24) is 0 Å². The van der Waals surface area contributed by atoms with E-state index in [9.17, 15) is 0 Å². The van der Waals surface area contributed by atoms with E-state index in [4.69, 9.17) is 17.2 Å². The van der Waals surface area contributed by atoms with Gasteiger partial charge in [-0.25, -0.2) is 0 Å². The molecule has 0 aromatic rings. The first-order valence-corrected chi connectivity index (χ1v) is 1.93. The first-order chi connectivity index (χ1) is 2.56. The molecular formula is C3H12CuIN3. The Morgan fingerprint density at radius 2 is 1.38 bits per heavy atom. The van der Waals surface area contributed by atoms with Crippen molar-refractivity contribution in [3.63, 3.8) is 0 Å². The normalized spacial score (nSPS) is 9.00. The molecule has 0 bridgehead atoms. The summed E-state index contributed by atoms with van der Waals surface area (Å²) in [6, 6.07) is 0. The van der Waals surface area contributed by atoms with Crippen molar-refractivity contribution in [3.05, 3.63) is 0 Å². The molecule has 8 heavy (non-hydrogen) atoms. The van der Waals surface area contributed by atoms with Gasteiger partial charge in [-0.2, -0.15) is 0 Å². The molecule has 0 saturated carbocycles. The van der Waals surface area contributed by atoms with Crippen LogP contribution in [0.2, 0.25) is 0 Å². The fourth-order valence-electron chi connectivity index (χ4n) is 0. The number of halogens is 1. The van der Waals surface area contributed by atoms with Crippen molar-refractivity contribution < 1.29 is 17.1 Å². The van der Waals surface area contributed by atoms with Crippen LogP contribution in [0.3, 0.4) is 0 Å². The Kier molecular flexibility index (Phi) is 12.6. The molecule has 0 spiro atoms. The molecule has 0 aromatic heterocycles. The van der Waals surface area contributed by atoms with Crippen LogP contribution in [0, 0.1) is 0 Å². The van der Waals surface area contributed by atoms with Crippen molar-refractivity contribution in [3.8, 4) is 0 Å². The minimum absolute atomic E-state index is 0. The Morgan fingerprint density at radius 1 is 1.25 bits per heavy atom. The number of nitrogens with two attached hydrogens (primary N) is 3. The van der Waals surface area contributed by atoms with Gasteiger partial charge in [-0.05, 0) is 6.42 Å². The van der Waals surface area contributed by atoms with E-state index in [-0.39, 0.29) is 41.0 Å². The van der Waals surface area contributed by atoms with Crippen LogP contribution in [0.15, 0.2) is 0 Å². The third-order valence-corrected chi connectivity index (χ3v) is 0.612. The molecular weight excluding hydrogens is 269 g/mol. The number of hydrogen-bond donors (Lipinski definition) is 3. The summed E-state index contributed by atoms with van der Waals surface area (Å²) >= 11 is 0. The Bertz CT molecular complexity index is 44.3. The van der Waals surface area contributed by atoms with Gasteiger partial charge in [0.2, 0.25) is 0 Å². The maximum absolute atomic E-state index is 5.09. The van der Waals surface area contributed by atoms with E-state index in [1.165, 1.54) is 0 Å². The first-order valence-electron chi connectivity index (χ1n) is 1.93. The average molecular weight is 281 g/mol. The maximum atomic E-state index is 5.09. The van der Waals surface area contributed by atoms with E-state index in [1.54, 1.807) is 0 Å². The molecule has 57 valence electrons. The summed E-state index contributed by atoms with van der Waals surface area (Å²) < 4.78 is 0. The van der Waals surface area contributed by atoms with Gasteiger partial charge in [-0.3, -0.25) is 0 Å². The smallest absolute Gasteiger partial charge is 0.115 e. The second-order valence-corrected chi connectivity index (χ2v) is 1.47. The van der Waals surface area contributed by atoms with Crippen molar-refractivity contribution in [1.29, 1.82) is 0 Å². The standard InChI is InChI=1S/C3H11N3.Cu.HI/c1-2-3(4,5)6;;/h2,4-6H2,1H3;;1H. The van der Waals surface area contributed by atoms with E-state index >= 15 is 0 Å². The zero-order chi connectivity index (χ0) is 5.21. The van der Waals surface area contributed by atoms with Gasteiger partial charge in [-0.15, -0.1) is 24.0 Å². The van der Waals surface area contributed by atoms with Crippen molar-refractivity contribution in [2.45, 2.75) is 19.1 Å². The van der Waals surface area contributed by atoms with E-state index in [2.05, 4.69) is 0 Å². The van der Waals surface area contributed by atoms with Crippen LogP contribution in [0.1, 0.15) is 13.3 Å². The van der Waals surface area contributed by atoms with E-state index in [0.717, 1.165) is 0 Å². The van der Waals surface area contributed by atoms with Gasteiger partial charge in [0.15, 0.2) is 0 Å². The SMILES string of the molecule is CCC(N)(N)N.I.[Cu]. The van der Waals surface area contributed by atoms with E-state index in [1.807, 2.05) is 6.92 Å². The Labute approximate surface area is 77.2 Å². The minimum atomic E-state index is -0.958. The van der Waals surface area contributed by atoms with Crippen LogP contribution in [0.4, 0.5) is 0 Å². The number of hydrogen-bond acceptors (Lipinski definition) is 3. The first kappa shape index (κ1) is 16.1. The largest absolute Gasteiger partial charge is 0.301 e. The molecule has 0 amide bonds. The Balaban J connectivity index is -0.000000125. The summed E-state index contributed by atoms with van der Waals surface area (Å²) in [4.78, 5) is 0. The fraction of sp³-hybridized carbons (Fsp3) is 1.00. The molecule has 0 atom stereocenters. The fourth-order valence-corrected chi connectivity index (χ4v) is 0. The molecule has 0 saturated heterocycles. The molecule has 0 aliphatic rings. The van der Waals surface area contributed by atoms with Crippen molar-refractivity contribution in [2.24, 2.45) is 17.2 Å². The van der Waals surface area contributed by atoms with Gasteiger partial charge in [-0.1, -0.05) is 6.92 Å². The quantitative estimate of drug-likeness (QED) is 0.346. The Morgan fingerprint density at radius 3 is 1.38 bits per heavy atom. The molecule has 0 heterocycles. The molecule has 0 rings (SSSR count). The molecule has 1 radical (unpaired) electrons. The summed E-state index contributed by atoms with van der Waals surface area (Å²) in [6.07, 6.45) is 0.604. The van der Waals surface area contributed by atoms with Crippen LogP contribution in [-0.4, -0.2) is 5.79 Å². The van der Waals surface area contributed by atoms with E-state index in [0.29, 0.717) is 6.42 Å². The van der Waals surface area contributed by atoms with Gasteiger partial charge in [0.05, 0.1) is 0 Å². The monoisotopic (exact) mass is 280 g/mol. The van der Waals surface area contributed by atoms with Gasteiger partial charge in [0.25, 0.3) is 0 Å². The molecule has 3 nitrogen and oxygen atoms in total. The molecule has 0 fully saturated rings.